The van der Waals surface area contributed by atoms with Gasteiger partial charge in [-0.05, 0) is 36.4 Å². The third-order valence-corrected chi connectivity index (χ3v) is 5.35. The quantitative estimate of drug-likeness (QED) is 0.275. The van der Waals surface area contributed by atoms with E-state index in [1.54, 1.807) is 57.7 Å². The van der Waals surface area contributed by atoms with Crippen molar-refractivity contribution in [3.63, 3.8) is 0 Å². The van der Waals surface area contributed by atoms with Gasteiger partial charge in [0.25, 0.3) is 0 Å². The molecule has 1 heterocycles. The van der Waals surface area contributed by atoms with Gasteiger partial charge >= 0.3 is 0 Å². The second-order valence-electron chi connectivity index (χ2n) is 6.25. The highest BCUT2D eigenvalue weighted by atomic mass is 32.2. The Morgan fingerprint density at radius 3 is 2.20 bits per heavy atom. The number of carbonyl (C=O) groups is 1. The maximum absolute atomic E-state index is 12.6. The zero-order valence-corrected chi connectivity index (χ0v) is 17.9. The van der Waals surface area contributed by atoms with Gasteiger partial charge in [0, 0.05) is 23.7 Å². The molecule has 0 unspecified atom stereocenters. The molecule has 0 spiro atoms. The van der Waals surface area contributed by atoms with Crippen LogP contribution in [0.15, 0.2) is 60.3 Å². The van der Waals surface area contributed by atoms with Crippen molar-refractivity contribution >= 4 is 17.5 Å². The molecule has 0 saturated carbocycles. The SMILES string of the molecule is C=CCn1c(SCC(=O)c2ccc(OC)cc2)nnc1-c1cc(OC)cc(OC)c1. The Morgan fingerprint density at radius 1 is 1.00 bits per heavy atom. The Hall–Kier alpha value is -3.26. The first kappa shape index (κ1) is 21.4. The molecule has 156 valence electrons. The number of allylic oxidation sites excluding steroid dienone is 1. The van der Waals surface area contributed by atoms with Crippen molar-refractivity contribution in [3.8, 4) is 28.6 Å². The lowest BCUT2D eigenvalue weighted by Gasteiger charge is -2.10. The highest BCUT2D eigenvalue weighted by Gasteiger charge is 2.17. The van der Waals surface area contributed by atoms with Crippen molar-refractivity contribution < 1.29 is 19.0 Å². The standard InChI is InChI=1S/C22H23N3O4S/c1-5-10-25-21(16-11-18(28-3)13-19(12-16)29-4)23-24-22(25)30-14-20(26)15-6-8-17(27-2)9-7-15/h5-9,11-13H,1,10,14H2,2-4H3. The Morgan fingerprint density at radius 2 is 1.63 bits per heavy atom. The van der Waals surface area contributed by atoms with Crippen LogP contribution in [0.3, 0.4) is 0 Å². The predicted octanol–water partition coefficient (Wildman–Crippen LogP) is 4.13. The zero-order valence-electron chi connectivity index (χ0n) is 17.1. The van der Waals surface area contributed by atoms with Crippen molar-refractivity contribution in [1.29, 1.82) is 0 Å². The van der Waals surface area contributed by atoms with E-state index in [0.717, 1.165) is 5.56 Å². The third kappa shape index (κ3) is 4.83. The number of rotatable bonds is 10. The molecule has 7 nitrogen and oxygen atoms in total. The van der Waals surface area contributed by atoms with E-state index < -0.39 is 0 Å². The topological polar surface area (TPSA) is 75.5 Å². The van der Waals surface area contributed by atoms with Crippen molar-refractivity contribution in [2.75, 3.05) is 27.1 Å². The van der Waals surface area contributed by atoms with E-state index in [-0.39, 0.29) is 11.5 Å². The van der Waals surface area contributed by atoms with Gasteiger partial charge in [-0.25, -0.2) is 0 Å². The molecule has 0 radical (unpaired) electrons. The van der Waals surface area contributed by atoms with Gasteiger partial charge in [-0.3, -0.25) is 9.36 Å². The molecule has 30 heavy (non-hydrogen) atoms. The lowest BCUT2D eigenvalue weighted by Crippen LogP contribution is -2.05. The van der Waals surface area contributed by atoms with E-state index >= 15 is 0 Å². The summed E-state index contributed by atoms with van der Waals surface area (Å²) in [6.07, 6.45) is 1.76. The summed E-state index contributed by atoms with van der Waals surface area (Å²) in [5.41, 5.74) is 1.42. The zero-order chi connectivity index (χ0) is 21.5. The van der Waals surface area contributed by atoms with Crippen LogP contribution >= 0.6 is 11.8 Å². The van der Waals surface area contributed by atoms with E-state index in [1.807, 2.05) is 16.7 Å². The minimum atomic E-state index is 0.000376. The van der Waals surface area contributed by atoms with E-state index in [9.17, 15) is 4.79 Å². The van der Waals surface area contributed by atoms with Crippen LogP contribution in [0.1, 0.15) is 10.4 Å². The summed E-state index contributed by atoms with van der Waals surface area (Å²) in [6.45, 7) is 4.33. The highest BCUT2D eigenvalue weighted by molar-refractivity contribution is 7.99. The van der Waals surface area contributed by atoms with Gasteiger partial charge < -0.3 is 14.2 Å². The molecule has 1 aromatic heterocycles. The average molecular weight is 426 g/mol. The summed E-state index contributed by atoms with van der Waals surface area (Å²) in [4.78, 5) is 12.6. The number of thioether (sulfide) groups is 1. The number of ether oxygens (including phenoxy) is 3. The fraction of sp³-hybridized carbons (Fsp3) is 0.227. The van der Waals surface area contributed by atoms with Gasteiger partial charge in [-0.15, -0.1) is 16.8 Å². The van der Waals surface area contributed by atoms with Crippen molar-refractivity contribution in [1.82, 2.24) is 14.8 Å². The lowest BCUT2D eigenvalue weighted by molar-refractivity contribution is 0.102. The molecule has 0 aliphatic rings. The number of aromatic nitrogens is 3. The first-order chi connectivity index (χ1) is 14.6. The van der Waals surface area contributed by atoms with Crippen LogP contribution < -0.4 is 14.2 Å². The van der Waals surface area contributed by atoms with Crippen LogP contribution in [-0.4, -0.2) is 47.6 Å². The van der Waals surface area contributed by atoms with E-state index in [4.69, 9.17) is 14.2 Å². The normalized spacial score (nSPS) is 10.5. The van der Waals surface area contributed by atoms with Crippen molar-refractivity contribution in [2.24, 2.45) is 0 Å². The van der Waals surface area contributed by atoms with Crippen LogP contribution in [0, 0.1) is 0 Å². The Bertz CT molecular complexity index is 1010. The Kier molecular flexibility index (Phi) is 7.13. The number of methoxy groups -OCH3 is 3. The van der Waals surface area contributed by atoms with E-state index in [2.05, 4.69) is 16.8 Å². The summed E-state index contributed by atoms with van der Waals surface area (Å²) >= 11 is 1.33. The summed E-state index contributed by atoms with van der Waals surface area (Å²) < 4.78 is 17.8. The average Bonchev–Trinajstić information content (AvgIpc) is 3.19. The van der Waals surface area contributed by atoms with Crippen molar-refractivity contribution in [3.05, 3.63) is 60.7 Å². The monoisotopic (exact) mass is 425 g/mol. The van der Waals surface area contributed by atoms with Gasteiger partial charge in [-0.2, -0.15) is 0 Å². The molecule has 0 fully saturated rings. The van der Waals surface area contributed by atoms with Crippen molar-refractivity contribution in [2.45, 2.75) is 11.7 Å². The van der Waals surface area contributed by atoms with E-state index in [0.29, 0.717) is 40.3 Å². The molecule has 3 rings (SSSR count). The van der Waals surface area contributed by atoms with Gasteiger partial charge in [-0.1, -0.05) is 17.8 Å². The minimum Gasteiger partial charge on any atom is -0.497 e. The number of hydrogen-bond acceptors (Lipinski definition) is 7. The molecular weight excluding hydrogens is 402 g/mol. The molecule has 0 bridgehead atoms. The molecule has 2 aromatic carbocycles. The fourth-order valence-electron chi connectivity index (χ4n) is 2.83. The van der Waals surface area contributed by atoms with E-state index in [1.165, 1.54) is 11.8 Å². The van der Waals surface area contributed by atoms with Crippen LogP contribution in [0.4, 0.5) is 0 Å². The lowest BCUT2D eigenvalue weighted by atomic mass is 10.1. The van der Waals surface area contributed by atoms with Gasteiger partial charge in [0.1, 0.15) is 17.2 Å². The molecule has 8 heteroatoms. The molecule has 3 aromatic rings. The molecule has 0 amide bonds. The maximum Gasteiger partial charge on any atom is 0.192 e. The first-order valence-corrected chi connectivity index (χ1v) is 10.2. The number of benzene rings is 2. The summed E-state index contributed by atoms with van der Waals surface area (Å²) in [5.74, 6) is 2.90. The highest BCUT2D eigenvalue weighted by Crippen LogP contribution is 2.31. The second-order valence-corrected chi connectivity index (χ2v) is 7.19. The van der Waals surface area contributed by atoms with Gasteiger partial charge in [0.2, 0.25) is 0 Å². The second kappa shape index (κ2) is 9.98. The Balaban J connectivity index is 1.83. The third-order valence-electron chi connectivity index (χ3n) is 4.38. The predicted molar refractivity (Wildman–Crippen MR) is 117 cm³/mol. The van der Waals surface area contributed by atoms with Crippen LogP contribution in [0.2, 0.25) is 0 Å². The Labute approximate surface area is 179 Å². The molecular formula is C22H23N3O4S. The number of carbonyl (C=O) groups excluding carboxylic acids is 1. The maximum atomic E-state index is 12.6. The van der Waals surface area contributed by atoms with Crippen LogP contribution in [-0.2, 0) is 6.54 Å². The summed E-state index contributed by atoms with van der Waals surface area (Å²) in [5, 5.41) is 9.26. The molecule has 0 saturated heterocycles. The van der Waals surface area contributed by atoms with Crippen LogP contribution in [0.25, 0.3) is 11.4 Å². The van der Waals surface area contributed by atoms with Gasteiger partial charge in [0.05, 0.1) is 27.1 Å². The first-order valence-electron chi connectivity index (χ1n) is 9.17. The smallest absolute Gasteiger partial charge is 0.192 e. The fourth-order valence-corrected chi connectivity index (χ4v) is 3.67. The molecule has 0 aliphatic heterocycles. The summed E-state index contributed by atoms with van der Waals surface area (Å²) in [6, 6.07) is 12.6. The van der Waals surface area contributed by atoms with Crippen LogP contribution in [0.5, 0.6) is 17.2 Å². The van der Waals surface area contributed by atoms with Gasteiger partial charge in [0.15, 0.2) is 16.8 Å². The minimum absolute atomic E-state index is 0.000376. The number of ketones is 1. The summed E-state index contributed by atoms with van der Waals surface area (Å²) in [7, 11) is 4.78. The number of nitrogens with zero attached hydrogens (tertiary/aromatic N) is 3. The molecule has 0 N–H and O–H groups in total. The molecule has 0 atom stereocenters. The molecule has 0 aliphatic carbocycles. The largest absolute Gasteiger partial charge is 0.497 e. The number of hydrogen-bond donors (Lipinski definition) is 0. The number of Topliss-reactive ketones (excluding diaryl/α,β-unsaturated/α-hetero) is 1.